The van der Waals surface area contributed by atoms with Gasteiger partial charge >= 0.3 is 0 Å². The summed E-state index contributed by atoms with van der Waals surface area (Å²) in [6, 6.07) is 6.13. The fraction of sp³-hybridized carbons (Fsp3) is 0.438. The second-order valence-corrected chi connectivity index (χ2v) is 5.34. The van der Waals surface area contributed by atoms with Gasteiger partial charge in [0, 0.05) is 18.7 Å². The molecule has 0 spiro atoms. The van der Waals surface area contributed by atoms with Crippen LogP contribution in [0.3, 0.4) is 0 Å². The van der Waals surface area contributed by atoms with Gasteiger partial charge in [0.25, 0.3) is 5.91 Å². The van der Waals surface area contributed by atoms with Crippen molar-refractivity contribution in [2.24, 2.45) is 0 Å². The van der Waals surface area contributed by atoms with Crippen molar-refractivity contribution >= 4 is 18.3 Å². The molecule has 20 heavy (non-hydrogen) atoms. The van der Waals surface area contributed by atoms with Crippen LogP contribution in [0, 0.1) is 0 Å². The molecule has 3 rings (SSSR count). The average molecular weight is 293 g/mol. The lowest BCUT2D eigenvalue weighted by atomic mass is 10.1. The van der Waals surface area contributed by atoms with E-state index in [9.17, 15) is 4.79 Å². The molecule has 1 aromatic rings. The van der Waals surface area contributed by atoms with Gasteiger partial charge in [0.05, 0.1) is 0 Å². The van der Waals surface area contributed by atoms with Gasteiger partial charge in [0.15, 0.2) is 0 Å². The summed E-state index contributed by atoms with van der Waals surface area (Å²) in [4.78, 5) is 12.1. The Labute approximate surface area is 126 Å². The molecule has 1 aliphatic heterocycles. The molecule has 0 aromatic heterocycles. The van der Waals surface area contributed by atoms with E-state index in [0.29, 0.717) is 6.54 Å². The normalized spacial score (nSPS) is 16.9. The Morgan fingerprint density at radius 1 is 1.20 bits per heavy atom. The molecule has 4 heteroatoms. The minimum Gasteiger partial charge on any atom is -0.348 e. The number of nitrogens with one attached hydrogen (secondary N) is 2. The summed E-state index contributed by atoms with van der Waals surface area (Å²) in [5.41, 5.74) is 4.90. The lowest BCUT2D eigenvalue weighted by molar-refractivity contribution is 0.0956. The third kappa shape index (κ3) is 3.41. The van der Waals surface area contributed by atoms with Crippen LogP contribution < -0.4 is 10.6 Å². The minimum absolute atomic E-state index is 0. The van der Waals surface area contributed by atoms with E-state index in [4.69, 9.17) is 0 Å². The number of benzene rings is 1. The molecule has 3 nitrogen and oxygen atoms in total. The number of halogens is 1. The van der Waals surface area contributed by atoms with Gasteiger partial charge in [-0.15, -0.1) is 12.4 Å². The van der Waals surface area contributed by atoms with Crippen LogP contribution in [-0.2, 0) is 12.8 Å². The predicted octanol–water partition coefficient (Wildman–Crippen LogP) is 2.25. The van der Waals surface area contributed by atoms with Crippen LogP contribution in [0.5, 0.6) is 0 Å². The number of amides is 1. The SMILES string of the molecule is Cl.O=C(NCC1=CCNCC1)c1ccc2c(c1)CCC2. The second kappa shape index (κ2) is 6.91. The van der Waals surface area contributed by atoms with Crippen LogP contribution in [-0.4, -0.2) is 25.5 Å². The van der Waals surface area contributed by atoms with Crippen molar-refractivity contribution in [3.05, 3.63) is 46.5 Å². The van der Waals surface area contributed by atoms with Crippen LogP contribution >= 0.6 is 12.4 Å². The quantitative estimate of drug-likeness (QED) is 0.839. The van der Waals surface area contributed by atoms with Gasteiger partial charge in [-0.25, -0.2) is 0 Å². The first-order valence-corrected chi connectivity index (χ1v) is 7.11. The van der Waals surface area contributed by atoms with Gasteiger partial charge in [-0.1, -0.05) is 17.7 Å². The first kappa shape index (κ1) is 15.1. The van der Waals surface area contributed by atoms with E-state index in [0.717, 1.165) is 37.9 Å². The Morgan fingerprint density at radius 3 is 2.85 bits per heavy atom. The fourth-order valence-corrected chi connectivity index (χ4v) is 2.84. The van der Waals surface area contributed by atoms with E-state index in [-0.39, 0.29) is 18.3 Å². The summed E-state index contributed by atoms with van der Waals surface area (Å²) in [5, 5.41) is 6.30. The molecule has 0 radical (unpaired) electrons. The Morgan fingerprint density at radius 2 is 2.05 bits per heavy atom. The van der Waals surface area contributed by atoms with Crippen molar-refractivity contribution in [3.8, 4) is 0 Å². The summed E-state index contributed by atoms with van der Waals surface area (Å²) in [6.07, 6.45) is 6.71. The number of hydrogen-bond acceptors (Lipinski definition) is 2. The molecular weight excluding hydrogens is 272 g/mol. The molecule has 2 N–H and O–H groups in total. The van der Waals surface area contributed by atoms with Crippen LogP contribution in [0.1, 0.15) is 34.3 Å². The largest absolute Gasteiger partial charge is 0.348 e. The van der Waals surface area contributed by atoms with E-state index in [1.54, 1.807) is 0 Å². The summed E-state index contributed by atoms with van der Waals surface area (Å²) < 4.78 is 0. The zero-order valence-electron chi connectivity index (χ0n) is 11.6. The Kier molecular flexibility index (Phi) is 5.21. The lowest BCUT2D eigenvalue weighted by Gasteiger charge is -2.14. The number of hydrogen-bond donors (Lipinski definition) is 2. The van der Waals surface area contributed by atoms with Crippen molar-refractivity contribution < 1.29 is 4.79 Å². The molecular formula is C16H21ClN2O. The molecule has 0 saturated carbocycles. The van der Waals surface area contributed by atoms with Crippen LogP contribution in [0.2, 0.25) is 0 Å². The minimum atomic E-state index is 0. The summed E-state index contributed by atoms with van der Waals surface area (Å²) >= 11 is 0. The van der Waals surface area contributed by atoms with Crippen molar-refractivity contribution in [3.63, 3.8) is 0 Å². The molecule has 1 aromatic carbocycles. The van der Waals surface area contributed by atoms with E-state index in [1.807, 2.05) is 6.07 Å². The lowest BCUT2D eigenvalue weighted by Crippen LogP contribution is -2.29. The first-order valence-electron chi connectivity index (χ1n) is 7.11. The highest BCUT2D eigenvalue weighted by Crippen LogP contribution is 2.22. The Bertz CT molecular complexity index is 525. The van der Waals surface area contributed by atoms with Crippen LogP contribution in [0.25, 0.3) is 0 Å². The zero-order chi connectivity index (χ0) is 13.1. The summed E-state index contributed by atoms with van der Waals surface area (Å²) in [5.74, 6) is 0.0501. The van der Waals surface area contributed by atoms with Crippen LogP contribution in [0.4, 0.5) is 0 Å². The number of carbonyl (C=O) groups excluding carboxylic acids is 1. The predicted molar refractivity (Wildman–Crippen MR) is 83.6 cm³/mol. The van der Waals surface area contributed by atoms with Gasteiger partial charge < -0.3 is 10.6 Å². The third-order valence-corrected chi connectivity index (χ3v) is 3.99. The van der Waals surface area contributed by atoms with E-state index >= 15 is 0 Å². The van der Waals surface area contributed by atoms with E-state index < -0.39 is 0 Å². The van der Waals surface area contributed by atoms with E-state index in [1.165, 1.54) is 23.1 Å². The summed E-state index contributed by atoms with van der Waals surface area (Å²) in [7, 11) is 0. The van der Waals surface area contributed by atoms with Gasteiger partial charge in [0.2, 0.25) is 0 Å². The molecule has 1 heterocycles. The maximum absolute atomic E-state index is 12.1. The molecule has 0 atom stereocenters. The number of aryl methyl sites for hydroxylation is 2. The van der Waals surface area contributed by atoms with Gasteiger partial charge in [-0.3, -0.25) is 4.79 Å². The second-order valence-electron chi connectivity index (χ2n) is 5.34. The molecule has 0 saturated heterocycles. The molecule has 0 bridgehead atoms. The van der Waals surface area contributed by atoms with Crippen molar-refractivity contribution in [1.82, 2.24) is 10.6 Å². The van der Waals surface area contributed by atoms with E-state index in [2.05, 4.69) is 28.8 Å². The van der Waals surface area contributed by atoms with Gasteiger partial charge in [-0.2, -0.15) is 0 Å². The highest BCUT2D eigenvalue weighted by atomic mass is 35.5. The molecule has 1 amide bonds. The number of carbonyl (C=O) groups is 1. The standard InChI is InChI=1S/C16H20N2O.ClH/c19-16(18-11-12-6-8-17-9-7-12)15-5-4-13-2-1-3-14(13)10-15;/h4-6,10,17H,1-3,7-9,11H2,(H,18,19);1H. The molecule has 1 aliphatic carbocycles. The number of fused-ring (bicyclic) bond motifs is 1. The average Bonchev–Trinajstić information content (AvgIpc) is 2.93. The van der Waals surface area contributed by atoms with Crippen molar-refractivity contribution in [2.45, 2.75) is 25.7 Å². The Balaban J connectivity index is 0.00000147. The molecule has 0 fully saturated rings. The first-order chi connectivity index (χ1) is 9.33. The maximum Gasteiger partial charge on any atom is 0.251 e. The molecule has 108 valence electrons. The zero-order valence-corrected chi connectivity index (χ0v) is 12.4. The monoisotopic (exact) mass is 292 g/mol. The fourth-order valence-electron chi connectivity index (χ4n) is 2.84. The van der Waals surface area contributed by atoms with Crippen LogP contribution in [0.15, 0.2) is 29.8 Å². The Hall–Kier alpha value is -1.32. The third-order valence-electron chi connectivity index (χ3n) is 3.99. The van der Waals surface area contributed by atoms with Gasteiger partial charge in [0.1, 0.15) is 0 Å². The smallest absolute Gasteiger partial charge is 0.251 e. The van der Waals surface area contributed by atoms with Crippen molar-refractivity contribution in [1.29, 1.82) is 0 Å². The summed E-state index contributed by atoms with van der Waals surface area (Å²) in [6.45, 7) is 2.61. The maximum atomic E-state index is 12.1. The van der Waals surface area contributed by atoms with Crippen molar-refractivity contribution in [2.75, 3.05) is 19.6 Å². The molecule has 0 unspecified atom stereocenters. The molecule has 2 aliphatic rings. The highest BCUT2D eigenvalue weighted by molar-refractivity contribution is 5.94. The van der Waals surface area contributed by atoms with Gasteiger partial charge in [-0.05, 0) is 55.5 Å². The topological polar surface area (TPSA) is 41.1 Å². The number of rotatable bonds is 3. The highest BCUT2D eigenvalue weighted by Gasteiger charge is 2.14.